The van der Waals surface area contributed by atoms with Crippen LogP contribution < -0.4 is 16.0 Å². The summed E-state index contributed by atoms with van der Waals surface area (Å²) in [4.78, 5) is 6.57. The minimum Gasteiger partial charge on any atom is -0.382 e. The predicted molar refractivity (Wildman–Crippen MR) is 70.1 cm³/mol. The summed E-state index contributed by atoms with van der Waals surface area (Å²) in [6.07, 6.45) is 0. The van der Waals surface area contributed by atoms with E-state index in [1.165, 1.54) is 0 Å². The lowest BCUT2D eigenvalue weighted by Crippen LogP contribution is -2.36. The van der Waals surface area contributed by atoms with Crippen LogP contribution in [-0.2, 0) is 4.74 Å². The first-order valence-electron chi connectivity index (χ1n) is 5.68. The zero-order chi connectivity index (χ0) is 12.3. The number of nitrogens with zero attached hydrogens (tertiary/aromatic N) is 2. The zero-order valence-corrected chi connectivity index (χ0v) is 10.1. The number of hydrogen-bond donors (Lipinski definition) is 2. The largest absolute Gasteiger partial charge is 0.382 e. The minimum atomic E-state index is 0.497. The molecular weight excluding hydrogens is 216 g/mol. The Morgan fingerprint density at radius 1 is 1.47 bits per heavy atom. The van der Waals surface area contributed by atoms with E-state index in [0.29, 0.717) is 5.82 Å². The summed E-state index contributed by atoms with van der Waals surface area (Å²) in [7, 11) is 0. The van der Waals surface area contributed by atoms with Gasteiger partial charge in [0.1, 0.15) is 11.6 Å². The van der Waals surface area contributed by atoms with Gasteiger partial charge in [0.05, 0.1) is 18.9 Å². The Kier molecular flexibility index (Phi) is 3.49. The van der Waals surface area contributed by atoms with Gasteiger partial charge in [-0.1, -0.05) is 6.58 Å². The van der Waals surface area contributed by atoms with E-state index in [1.807, 2.05) is 19.1 Å². The van der Waals surface area contributed by atoms with Crippen molar-refractivity contribution in [2.75, 3.05) is 42.3 Å². The number of anilines is 3. The lowest BCUT2D eigenvalue weighted by Gasteiger charge is -2.28. The number of nitrogens with two attached hydrogens (primary N) is 1. The molecule has 3 N–H and O–H groups in total. The fourth-order valence-electron chi connectivity index (χ4n) is 1.77. The highest BCUT2D eigenvalue weighted by atomic mass is 16.5. The standard InChI is InChI=1S/C12H18N4O/c1-9(2)14-10-3-4-11(15-12(10)13)16-5-7-17-8-6-16/h3-4,14H,1,5-8H2,2H3,(H2,13,15). The highest BCUT2D eigenvalue weighted by Gasteiger charge is 2.13. The van der Waals surface area contributed by atoms with Crippen molar-refractivity contribution in [3.8, 4) is 0 Å². The van der Waals surface area contributed by atoms with Crippen LogP contribution in [0.3, 0.4) is 0 Å². The van der Waals surface area contributed by atoms with Crippen molar-refractivity contribution >= 4 is 17.3 Å². The first-order valence-corrected chi connectivity index (χ1v) is 5.68. The number of pyridine rings is 1. The van der Waals surface area contributed by atoms with Crippen LogP contribution >= 0.6 is 0 Å². The molecule has 1 fully saturated rings. The van der Waals surface area contributed by atoms with Gasteiger partial charge in [0, 0.05) is 18.8 Å². The predicted octanol–water partition coefficient (Wildman–Crippen LogP) is 1.45. The van der Waals surface area contributed by atoms with E-state index in [1.54, 1.807) is 0 Å². The molecule has 0 atom stereocenters. The molecule has 0 spiro atoms. The van der Waals surface area contributed by atoms with E-state index in [4.69, 9.17) is 10.5 Å². The third-order valence-corrected chi connectivity index (χ3v) is 2.59. The Hall–Kier alpha value is -1.75. The number of aromatic nitrogens is 1. The van der Waals surface area contributed by atoms with Crippen LogP contribution in [-0.4, -0.2) is 31.3 Å². The normalized spacial score (nSPS) is 15.7. The molecule has 1 aromatic rings. The Bertz CT molecular complexity index is 413. The molecule has 92 valence electrons. The van der Waals surface area contributed by atoms with E-state index < -0.39 is 0 Å². The van der Waals surface area contributed by atoms with Crippen molar-refractivity contribution in [3.05, 3.63) is 24.4 Å². The summed E-state index contributed by atoms with van der Waals surface area (Å²) in [6.45, 7) is 8.88. The average molecular weight is 234 g/mol. The molecule has 0 amide bonds. The molecule has 1 aliphatic heterocycles. The Morgan fingerprint density at radius 2 is 2.18 bits per heavy atom. The van der Waals surface area contributed by atoms with Crippen LogP contribution in [0.15, 0.2) is 24.4 Å². The van der Waals surface area contributed by atoms with Crippen molar-refractivity contribution < 1.29 is 4.74 Å². The van der Waals surface area contributed by atoms with Gasteiger partial charge < -0.3 is 20.7 Å². The monoisotopic (exact) mass is 234 g/mol. The van der Waals surface area contributed by atoms with E-state index in [9.17, 15) is 0 Å². The third kappa shape index (κ3) is 2.88. The first kappa shape index (κ1) is 11.7. The van der Waals surface area contributed by atoms with Gasteiger partial charge >= 0.3 is 0 Å². The van der Waals surface area contributed by atoms with Crippen molar-refractivity contribution in [1.82, 2.24) is 4.98 Å². The average Bonchev–Trinajstić information content (AvgIpc) is 2.32. The zero-order valence-electron chi connectivity index (χ0n) is 10.1. The van der Waals surface area contributed by atoms with Gasteiger partial charge in [-0.3, -0.25) is 0 Å². The quantitative estimate of drug-likeness (QED) is 0.828. The Morgan fingerprint density at radius 3 is 2.76 bits per heavy atom. The molecule has 5 heteroatoms. The Labute approximate surface area is 101 Å². The van der Waals surface area contributed by atoms with Gasteiger partial charge in [-0.2, -0.15) is 0 Å². The molecule has 1 aromatic heterocycles. The highest BCUT2D eigenvalue weighted by Crippen LogP contribution is 2.22. The van der Waals surface area contributed by atoms with Crippen molar-refractivity contribution in [2.45, 2.75) is 6.92 Å². The number of allylic oxidation sites excluding steroid dienone is 1. The van der Waals surface area contributed by atoms with Crippen molar-refractivity contribution in [1.29, 1.82) is 0 Å². The molecule has 17 heavy (non-hydrogen) atoms. The second kappa shape index (κ2) is 5.05. The van der Waals surface area contributed by atoms with Crippen LogP contribution in [0.4, 0.5) is 17.3 Å². The molecule has 0 saturated carbocycles. The van der Waals surface area contributed by atoms with Crippen molar-refractivity contribution in [2.24, 2.45) is 0 Å². The number of rotatable bonds is 3. The smallest absolute Gasteiger partial charge is 0.149 e. The van der Waals surface area contributed by atoms with Gasteiger partial charge in [0.15, 0.2) is 0 Å². The molecule has 0 aliphatic carbocycles. The van der Waals surface area contributed by atoms with Gasteiger partial charge in [0.25, 0.3) is 0 Å². The molecule has 0 unspecified atom stereocenters. The van der Waals surface area contributed by atoms with E-state index in [-0.39, 0.29) is 0 Å². The van der Waals surface area contributed by atoms with Crippen LogP contribution in [0.25, 0.3) is 0 Å². The van der Waals surface area contributed by atoms with Crippen LogP contribution in [0, 0.1) is 0 Å². The number of ether oxygens (including phenoxy) is 1. The first-order chi connectivity index (χ1) is 8.16. The fraction of sp³-hybridized carbons (Fsp3) is 0.417. The SMILES string of the molecule is C=C(C)Nc1ccc(N2CCOCC2)nc1N. The topological polar surface area (TPSA) is 63.4 Å². The molecule has 5 nitrogen and oxygen atoms in total. The number of nitrogens with one attached hydrogen (secondary N) is 1. The summed E-state index contributed by atoms with van der Waals surface area (Å²) in [5, 5.41) is 3.08. The van der Waals surface area contributed by atoms with Crippen molar-refractivity contribution in [3.63, 3.8) is 0 Å². The summed E-state index contributed by atoms with van der Waals surface area (Å²) in [6, 6.07) is 3.90. The van der Waals surface area contributed by atoms with Crippen LogP contribution in [0.1, 0.15) is 6.92 Å². The number of nitrogen functional groups attached to an aromatic ring is 1. The summed E-state index contributed by atoms with van der Waals surface area (Å²) in [5.74, 6) is 1.40. The summed E-state index contributed by atoms with van der Waals surface area (Å²) >= 11 is 0. The fourth-order valence-corrected chi connectivity index (χ4v) is 1.77. The van der Waals surface area contributed by atoms with E-state index >= 15 is 0 Å². The molecule has 2 heterocycles. The summed E-state index contributed by atoms with van der Waals surface area (Å²) in [5.41, 5.74) is 7.55. The summed E-state index contributed by atoms with van der Waals surface area (Å²) < 4.78 is 5.30. The minimum absolute atomic E-state index is 0.497. The molecule has 1 aliphatic rings. The molecule has 1 saturated heterocycles. The number of morpholine rings is 1. The number of hydrogen-bond acceptors (Lipinski definition) is 5. The highest BCUT2D eigenvalue weighted by molar-refractivity contribution is 5.67. The lowest BCUT2D eigenvalue weighted by atomic mass is 10.3. The van der Waals surface area contributed by atoms with E-state index in [0.717, 1.165) is 43.5 Å². The van der Waals surface area contributed by atoms with Gasteiger partial charge in [0.2, 0.25) is 0 Å². The second-order valence-corrected chi connectivity index (χ2v) is 4.11. The van der Waals surface area contributed by atoms with Gasteiger partial charge in [-0.25, -0.2) is 4.98 Å². The molecule has 0 radical (unpaired) electrons. The van der Waals surface area contributed by atoms with Crippen LogP contribution in [0.5, 0.6) is 0 Å². The maximum absolute atomic E-state index is 5.90. The van der Waals surface area contributed by atoms with Gasteiger partial charge in [-0.15, -0.1) is 0 Å². The Balaban J connectivity index is 2.14. The molecular formula is C12H18N4O. The molecule has 0 aromatic carbocycles. The van der Waals surface area contributed by atoms with Gasteiger partial charge in [-0.05, 0) is 19.1 Å². The second-order valence-electron chi connectivity index (χ2n) is 4.11. The lowest BCUT2D eigenvalue weighted by molar-refractivity contribution is 0.122. The maximum Gasteiger partial charge on any atom is 0.149 e. The maximum atomic E-state index is 5.90. The van der Waals surface area contributed by atoms with Crippen LogP contribution in [0.2, 0.25) is 0 Å². The third-order valence-electron chi connectivity index (χ3n) is 2.59. The molecule has 2 rings (SSSR count). The van der Waals surface area contributed by atoms with E-state index in [2.05, 4.69) is 21.8 Å². The molecule has 0 bridgehead atoms.